The highest BCUT2D eigenvalue weighted by molar-refractivity contribution is 5.69. The number of esters is 1. The summed E-state index contributed by atoms with van der Waals surface area (Å²) in [4.78, 5) is 10.9. The van der Waals surface area contributed by atoms with E-state index < -0.39 is 0 Å². The quantitative estimate of drug-likeness (QED) is 0.685. The topological polar surface area (TPSA) is 38.3 Å². The van der Waals surface area contributed by atoms with E-state index in [1.807, 2.05) is 0 Å². The summed E-state index contributed by atoms with van der Waals surface area (Å²) < 4.78 is 4.58. The molecule has 3 heteroatoms. The summed E-state index contributed by atoms with van der Waals surface area (Å²) in [5.74, 6) is 0.684. The molecule has 0 unspecified atom stereocenters. The largest absolute Gasteiger partial charge is 0.469 e. The number of carbonyl (C=O) groups excluding carboxylic acids is 1. The standard InChI is InChI=1S/C11H21NO2/c1-9(10-5-3-4-6-10)12-8-7-11(13)14-2/h9-10,12H,3-8H2,1-2H3/t9-/m1/s1. The number of hydrogen-bond donors (Lipinski definition) is 1. The summed E-state index contributed by atoms with van der Waals surface area (Å²) in [6.45, 7) is 2.96. The molecule has 0 amide bonds. The Kier molecular flexibility index (Phi) is 4.94. The van der Waals surface area contributed by atoms with Crippen molar-refractivity contribution in [2.75, 3.05) is 13.7 Å². The Bertz CT molecular complexity index is 176. The first-order chi connectivity index (χ1) is 6.74. The molecule has 1 N–H and O–H groups in total. The van der Waals surface area contributed by atoms with E-state index in [2.05, 4.69) is 17.0 Å². The van der Waals surface area contributed by atoms with Gasteiger partial charge in [-0.1, -0.05) is 12.8 Å². The third-order valence-corrected chi connectivity index (χ3v) is 3.13. The Balaban J connectivity index is 2.08. The highest BCUT2D eigenvalue weighted by Gasteiger charge is 2.20. The molecule has 1 aliphatic rings. The summed E-state index contributed by atoms with van der Waals surface area (Å²) in [5, 5.41) is 3.39. The second-order valence-electron chi connectivity index (χ2n) is 4.11. The Labute approximate surface area is 86.2 Å². The molecule has 1 atom stereocenters. The maximum absolute atomic E-state index is 10.9. The third-order valence-electron chi connectivity index (χ3n) is 3.13. The van der Waals surface area contributed by atoms with Gasteiger partial charge in [0.05, 0.1) is 13.5 Å². The van der Waals surface area contributed by atoms with Crippen molar-refractivity contribution in [1.29, 1.82) is 0 Å². The Morgan fingerprint density at radius 2 is 2.14 bits per heavy atom. The maximum Gasteiger partial charge on any atom is 0.306 e. The molecule has 1 rings (SSSR count). The van der Waals surface area contributed by atoms with Crippen LogP contribution in [-0.4, -0.2) is 25.7 Å². The molecular formula is C11H21NO2. The van der Waals surface area contributed by atoms with Crippen LogP contribution >= 0.6 is 0 Å². The van der Waals surface area contributed by atoms with Gasteiger partial charge in [0, 0.05) is 12.6 Å². The summed E-state index contributed by atoms with van der Waals surface area (Å²) in [7, 11) is 1.43. The Morgan fingerprint density at radius 1 is 1.50 bits per heavy atom. The van der Waals surface area contributed by atoms with Crippen LogP contribution in [0.25, 0.3) is 0 Å². The normalized spacial score (nSPS) is 19.6. The molecule has 0 aromatic heterocycles. The number of ether oxygens (including phenoxy) is 1. The summed E-state index contributed by atoms with van der Waals surface area (Å²) in [6, 6.07) is 0.544. The molecule has 0 spiro atoms. The van der Waals surface area contributed by atoms with Gasteiger partial charge in [-0.05, 0) is 25.7 Å². The number of carbonyl (C=O) groups is 1. The van der Waals surface area contributed by atoms with E-state index in [1.54, 1.807) is 0 Å². The first-order valence-electron chi connectivity index (χ1n) is 5.54. The van der Waals surface area contributed by atoms with Crippen LogP contribution in [0.5, 0.6) is 0 Å². The van der Waals surface area contributed by atoms with Gasteiger partial charge in [-0.3, -0.25) is 4.79 Å². The highest BCUT2D eigenvalue weighted by Crippen LogP contribution is 2.27. The van der Waals surface area contributed by atoms with Gasteiger partial charge >= 0.3 is 5.97 Å². The first-order valence-corrected chi connectivity index (χ1v) is 5.54. The molecule has 1 aliphatic carbocycles. The summed E-state index contributed by atoms with van der Waals surface area (Å²) >= 11 is 0. The second kappa shape index (κ2) is 6.02. The average molecular weight is 199 g/mol. The van der Waals surface area contributed by atoms with Crippen LogP contribution in [0.15, 0.2) is 0 Å². The van der Waals surface area contributed by atoms with E-state index in [0.717, 1.165) is 12.5 Å². The fraction of sp³-hybridized carbons (Fsp3) is 0.909. The van der Waals surface area contributed by atoms with Crippen LogP contribution < -0.4 is 5.32 Å². The number of hydrogen-bond acceptors (Lipinski definition) is 3. The van der Waals surface area contributed by atoms with Gasteiger partial charge in [0.1, 0.15) is 0 Å². The molecule has 14 heavy (non-hydrogen) atoms. The summed E-state index contributed by atoms with van der Waals surface area (Å²) in [6.07, 6.45) is 5.90. The second-order valence-corrected chi connectivity index (χ2v) is 4.11. The van der Waals surface area contributed by atoms with Gasteiger partial charge in [0.25, 0.3) is 0 Å². The first kappa shape index (κ1) is 11.5. The molecule has 0 aliphatic heterocycles. The van der Waals surface area contributed by atoms with E-state index in [4.69, 9.17) is 0 Å². The lowest BCUT2D eigenvalue weighted by Crippen LogP contribution is -2.33. The van der Waals surface area contributed by atoms with Crippen LogP contribution in [0.4, 0.5) is 0 Å². The maximum atomic E-state index is 10.9. The van der Waals surface area contributed by atoms with Crippen LogP contribution in [0, 0.1) is 5.92 Å². The van der Waals surface area contributed by atoms with Crippen LogP contribution in [0.2, 0.25) is 0 Å². The van der Waals surface area contributed by atoms with Gasteiger partial charge in [0.2, 0.25) is 0 Å². The molecule has 0 heterocycles. The van der Waals surface area contributed by atoms with Crippen molar-refractivity contribution in [3.05, 3.63) is 0 Å². The predicted octanol–water partition coefficient (Wildman–Crippen LogP) is 1.72. The van der Waals surface area contributed by atoms with E-state index in [0.29, 0.717) is 12.5 Å². The zero-order valence-electron chi connectivity index (χ0n) is 9.21. The molecule has 1 saturated carbocycles. The monoisotopic (exact) mass is 199 g/mol. The van der Waals surface area contributed by atoms with Crippen LogP contribution in [-0.2, 0) is 9.53 Å². The fourth-order valence-electron chi connectivity index (χ4n) is 2.13. The molecular weight excluding hydrogens is 178 g/mol. The van der Waals surface area contributed by atoms with Crippen molar-refractivity contribution in [2.45, 2.75) is 45.1 Å². The summed E-state index contributed by atoms with van der Waals surface area (Å²) in [5.41, 5.74) is 0. The van der Waals surface area contributed by atoms with E-state index in [-0.39, 0.29) is 5.97 Å². The molecule has 0 aromatic carbocycles. The zero-order valence-corrected chi connectivity index (χ0v) is 9.21. The minimum absolute atomic E-state index is 0.129. The lowest BCUT2D eigenvalue weighted by Gasteiger charge is -2.19. The van der Waals surface area contributed by atoms with E-state index >= 15 is 0 Å². The molecule has 0 radical (unpaired) electrons. The van der Waals surface area contributed by atoms with Crippen molar-refractivity contribution in [2.24, 2.45) is 5.92 Å². The van der Waals surface area contributed by atoms with E-state index in [1.165, 1.54) is 32.8 Å². The minimum Gasteiger partial charge on any atom is -0.469 e. The van der Waals surface area contributed by atoms with Crippen molar-refractivity contribution in [3.8, 4) is 0 Å². The Hall–Kier alpha value is -0.570. The third kappa shape index (κ3) is 3.66. The predicted molar refractivity (Wildman–Crippen MR) is 56.1 cm³/mol. The van der Waals surface area contributed by atoms with Crippen molar-refractivity contribution in [1.82, 2.24) is 5.32 Å². The van der Waals surface area contributed by atoms with Gasteiger partial charge in [-0.2, -0.15) is 0 Å². The zero-order chi connectivity index (χ0) is 10.4. The van der Waals surface area contributed by atoms with Crippen molar-refractivity contribution in [3.63, 3.8) is 0 Å². The fourth-order valence-corrected chi connectivity index (χ4v) is 2.13. The number of nitrogens with one attached hydrogen (secondary N) is 1. The molecule has 82 valence electrons. The molecule has 3 nitrogen and oxygen atoms in total. The number of methoxy groups -OCH3 is 1. The smallest absolute Gasteiger partial charge is 0.306 e. The molecule has 1 fully saturated rings. The van der Waals surface area contributed by atoms with Gasteiger partial charge in [0.15, 0.2) is 0 Å². The number of rotatable bonds is 5. The van der Waals surface area contributed by atoms with Gasteiger partial charge in [-0.25, -0.2) is 0 Å². The van der Waals surface area contributed by atoms with Crippen LogP contribution in [0.3, 0.4) is 0 Å². The molecule has 0 aromatic rings. The Morgan fingerprint density at radius 3 is 2.71 bits per heavy atom. The lowest BCUT2D eigenvalue weighted by atomic mass is 10.00. The highest BCUT2D eigenvalue weighted by atomic mass is 16.5. The van der Waals surface area contributed by atoms with E-state index in [9.17, 15) is 4.79 Å². The minimum atomic E-state index is -0.129. The van der Waals surface area contributed by atoms with Crippen LogP contribution in [0.1, 0.15) is 39.0 Å². The SMILES string of the molecule is COC(=O)CCN[C@H](C)C1CCCC1. The van der Waals surface area contributed by atoms with Gasteiger partial charge < -0.3 is 10.1 Å². The molecule has 0 bridgehead atoms. The lowest BCUT2D eigenvalue weighted by molar-refractivity contribution is -0.140. The van der Waals surface area contributed by atoms with Crippen molar-refractivity contribution >= 4 is 5.97 Å². The van der Waals surface area contributed by atoms with Crippen molar-refractivity contribution < 1.29 is 9.53 Å². The van der Waals surface area contributed by atoms with Gasteiger partial charge in [-0.15, -0.1) is 0 Å². The molecule has 0 saturated heterocycles. The average Bonchev–Trinajstić information content (AvgIpc) is 2.70.